The second-order valence-corrected chi connectivity index (χ2v) is 3.63. The van der Waals surface area contributed by atoms with Crippen molar-refractivity contribution in [3.05, 3.63) is 0 Å². The zero-order chi connectivity index (χ0) is 9.94. The van der Waals surface area contributed by atoms with E-state index in [0.717, 1.165) is 31.7 Å². The van der Waals surface area contributed by atoms with Gasteiger partial charge < -0.3 is 5.32 Å². The third-order valence-corrected chi connectivity index (χ3v) is 2.13. The van der Waals surface area contributed by atoms with Gasteiger partial charge in [0.05, 0.1) is 0 Å². The minimum Gasteiger partial charge on any atom is -0.355 e. The van der Waals surface area contributed by atoms with Crippen molar-refractivity contribution in [1.82, 2.24) is 10.7 Å². The Morgan fingerprint density at radius 1 is 1.54 bits per heavy atom. The van der Waals surface area contributed by atoms with Crippen LogP contribution in [0.1, 0.15) is 19.8 Å². The lowest BCUT2D eigenvalue weighted by Crippen LogP contribution is -2.42. The van der Waals surface area contributed by atoms with Gasteiger partial charge in [-0.1, -0.05) is 13.3 Å². The zero-order valence-electron chi connectivity index (χ0n) is 8.47. The number of hydrogen-bond acceptors (Lipinski definition) is 3. The fourth-order valence-corrected chi connectivity index (χ4v) is 1.08. The maximum absolute atomic E-state index is 5.29. The molecule has 0 spiro atoms. The highest BCUT2D eigenvalue weighted by Gasteiger charge is 1.92. The highest BCUT2D eigenvalue weighted by molar-refractivity contribution is 7.98. The summed E-state index contributed by atoms with van der Waals surface area (Å²) in [5, 5.41) is 3.12. The van der Waals surface area contributed by atoms with Gasteiger partial charge in [-0.15, -0.1) is 0 Å². The number of aliphatic imine (C=N–C) groups is 1. The van der Waals surface area contributed by atoms with Crippen LogP contribution in [0.5, 0.6) is 0 Å². The predicted octanol–water partition coefficient (Wildman–Crippen LogP) is 0.558. The predicted molar refractivity (Wildman–Crippen MR) is 60.9 cm³/mol. The van der Waals surface area contributed by atoms with Crippen LogP contribution < -0.4 is 16.6 Å². The van der Waals surface area contributed by atoms with Crippen molar-refractivity contribution in [3.63, 3.8) is 0 Å². The normalized spacial score (nSPS) is 11.5. The smallest absolute Gasteiger partial charge is 0.205 e. The summed E-state index contributed by atoms with van der Waals surface area (Å²) in [6, 6.07) is 0. The Labute approximate surface area is 84.7 Å². The van der Waals surface area contributed by atoms with Crippen molar-refractivity contribution < 1.29 is 0 Å². The number of thioether (sulfide) groups is 1. The number of guanidine groups is 1. The Morgan fingerprint density at radius 2 is 2.31 bits per heavy atom. The molecule has 0 amide bonds. The van der Waals surface area contributed by atoms with Crippen molar-refractivity contribution in [1.29, 1.82) is 0 Å². The number of hydrogen-bond donors (Lipinski definition) is 3. The van der Waals surface area contributed by atoms with Gasteiger partial charge in [-0.05, 0) is 12.7 Å². The van der Waals surface area contributed by atoms with Gasteiger partial charge in [0.15, 0.2) is 0 Å². The number of rotatable bonds is 6. The molecule has 0 fully saturated rings. The first-order valence-corrected chi connectivity index (χ1v) is 5.98. The fraction of sp³-hybridized carbons (Fsp3) is 0.875. The van der Waals surface area contributed by atoms with E-state index < -0.39 is 0 Å². The molecule has 5 heteroatoms. The molecule has 78 valence electrons. The first-order chi connectivity index (χ1) is 6.35. The van der Waals surface area contributed by atoms with Crippen molar-refractivity contribution in [2.75, 3.05) is 25.1 Å². The van der Waals surface area contributed by atoms with Gasteiger partial charge in [0, 0.05) is 18.8 Å². The number of nitrogens with zero attached hydrogens (tertiary/aromatic N) is 1. The van der Waals surface area contributed by atoms with Crippen LogP contribution in [-0.2, 0) is 0 Å². The highest BCUT2D eigenvalue weighted by Crippen LogP contribution is 1.88. The van der Waals surface area contributed by atoms with Gasteiger partial charge in [-0.2, -0.15) is 11.8 Å². The van der Waals surface area contributed by atoms with E-state index >= 15 is 0 Å². The van der Waals surface area contributed by atoms with Crippen LogP contribution in [0.4, 0.5) is 0 Å². The van der Waals surface area contributed by atoms with Crippen molar-refractivity contribution in [2.24, 2.45) is 10.8 Å². The average molecular weight is 204 g/mol. The Morgan fingerprint density at radius 3 is 2.85 bits per heavy atom. The Balaban J connectivity index is 3.54. The van der Waals surface area contributed by atoms with Crippen LogP contribution in [-0.4, -0.2) is 31.1 Å². The first kappa shape index (κ1) is 12.6. The summed E-state index contributed by atoms with van der Waals surface area (Å²) in [5.41, 5.74) is 2.55. The van der Waals surface area contributed by atoms with Crippen LogP contribution in [0.25, 0.3) is 0 Å². The van der Waals surface area contributed by atoms with Crippen molar-refractivity contribution >= 4 is 17.7 Å². The van der Waals surface area contributed by atoms with E-state index in [1.165, 1.54) is 0 Å². The lowest BCUT2D eigenvalue weighted by Gasteiger charge is -2.07. The molecular formula is C8H20N4S. The SMILES string of the molecule is CCCCN=C(NN)NCCSC. The molecule has 13 heavy (non-hydrogen) atoms. The maximum atomic E-state index is 5.29. The second kappa shape index (κ2) is 9.67. The molecule has 0 aliphatic rings. The van der Waals surface area contributed by atoms with Crippen LogP contribution in [0.3, 0.4) is 0 Å². The minimum atomic E-state index is 0.697. The molecule has 0 unspecified atom stereocenters. The molecule has 0 radical (unpaired) electrons. The maximum Gasteiger partial charge on any atom is 0.205 e. The Kier molecular flexibility index (Phi) is 9.35. The van der Waals surface area contributed by atoms with Gasteiger partial charge in [0.2, 0.25) is 5.96 Å². The molecule has 0 aliphatic heterocycles. The van der Waals surface area contributed by atoms with E-state index in [0.29, 0.717) is 5.96 Å². The lowest BCUT2D eigenvalue weighted by molar-refractivity contribution is 0.784. The number of hydrazine groups is 1. The van der Waals surface area contributed by atoms with E-state index in [9.17, 15) is 0 Å². The molecule has 4 nitrogen and oxygen atoms in total. The number of nitrogens with two attached hydrogens (primary N) is 1. The van der Waals surface area contributed by atoms with Gasteiger partial charge in [-0.3, -0.25) is 10.4 Å². The van der Waals surface area contributed by atoms with Gasteiger partial charge in [0.1, 0.15) is 0 Å². The largest absolute Gasteiger partial charge is 0.355 e. The molecule has 0 aliphatic carbocycles. The Bertz CT molecular complexity index is 138. The van der Waals surface area contributed by atoms with Crippen molar-refractivity contribution in [3.8, 4) is 0 Å². The Hall–Kier alpha value is -0.420. The first-order valence-electron chi connectivity index (χ1n) is 4.59. The molecule has 0 saturated heterocycles. The third kappa shape index (κ3) is 7.93. The number of nitrogens with one attached hydrogen (secondary N) is 2. The van der Waals surface area contributed by atoms with Crippen LogP contribution in [0.2, 0.25) is 0 Å². The molecule has 0 atom stereocenters. The molecule has 0 aromatic rings. The molecule has 0 aromatic heterocycles. The van der Waals surface area contributed by atoms with Gasteiger partial charge in [-0.25, -0.2) is 5.84 Å². The molecule has 0 saturated carbocycles. The molecule has 0 aromatic carbocycles. The summed E-state index contributed by atoms with van der Waals surface area (Å²) in [6.07, 6.45) is 4.34. The third-order valence-electron chi connectivity index (χ3n) is 1.52. The molecule has 0 heterocycles. The molecular weight excluding hydrogens is 184 g/mol. The summed E-state index contributed by atoms with van der Waals surface area (Å²) in [6.45, 7) is 3.88. The van der Waals surface area contributed by atoms with Crippen molar-refractivity contribution in [2.45, 2.75) is 19.8 Å². The standard InChI is InChI=1S/C8H20N4S/c1-3-4-5-10-8(12-9)11-6-7-13-2/h3-7,9H2,1-2H3,(H2,10,11,12). The van der Waals surface area contributed by atoms with Crippen LogP contribution in [0.15, 0.2) is 4.99 Å². The minimum absolute atomic E-state index is 0.697. The van der Waals surface area contributed by atoms with Crippen LogP contribution >= 0.6 is 11.8 Å². The van der Waals surface area contributed by atoms with E-state index in [-0.39, 0.29) is 0 Å². The van der Waals surface area contributed by atoms with E-state index in [1.807, 2.05) is 0 Å². The van der Waals surface area contributed by atoms with E-state index in [2.05, 4.69) is 28.9 Å². The summed E-state index contributed by atoms with van der Waals surface area (Å²) in [7, 11) is 0. The molecule has 4 N–H and O–H groups in total. The topological polar surface area (TPSA) is 62.4 Å². The monoisotopic (exact) mass is 204 g/mol. The van der Waals surface area contributed by atoms with E-state index in [1.54, 1.807) is 11.8 Å². The summed E-state index contributed by atoms with van der Waals surface area (Å²) >= 11 is 1.80. The molecule has 0 rings (SSSR count). The number of unbranched alkanes of at least 4 members (excludes halogenated alkanes) is 1. The second-order valence-electron chi connectivity index (χ2n) is 2.65. The summed E-state index contributed by atoms with van der Waals surface area (Å²) in [4.78, 5) is 4.26. The van der Waals surface area contributed by atoms with Crippen LogP contribution in [0, 0.1) is 0 Å². The fourth-order valence-electron chi connectivity index (χ4n) is 0.773. The highest BCUT2D eigenvalue weighted by atomic mass is 32.2. The summed E-state index contributed by atoms with van der Waals surface area (Å²) in [5.74, 6) is 7.05. The quantitative estimate of drug-likeness (QED) is 0.194. The zero-order valence-corrected chi connectivity index (χ0v) is 9.28. The summed E-state index contributed by atoms with van der Waals surface area (Å²) < 4.78 is 0. The molecule has 0 bridgehead atoms. The van der Waals surface area contributed by atoms with Gasteiger partial charge in [0.25, 0.3) is 0 Å². The lowest BCUT2D eigenvalue weighted by atomic mass is 10.3. The van der Waals surface area contributed by atoms with Gasteiger partial charge >= 0.3 is 0 Å². The average Bonchev–Trinajstić information content (AvgIpc) is 2.16. The van der Waals surface area contributed by atoms with E-state index in [4.69, 9.17) is 5.84 Å².